The van der Waals surface area contributed by atoms with Crippen LogP contribution in [0.2, 0.25) is 0 Å². The van der Waals surface area contributed by atoms with Crippen LogP contribution in [0.5, 0.6) is 0 Å². The van der Waals surface area contributed by atoms with Gasteiger partial charge in [-0.05, 0) is 46.4 Å². The minimum atomic E-state index is 0.980. The Morgan fingerprint density at radius 1 is 0.667 bits per heavy atom. The zero-order valence-electron chi connectivity index (χ0n) is 15.4. The van der Waals surface area contributed by atoms with Crippen LogP contribution in [0.3, 0.4) is 0 Å². The average molecular weight is 347 g/mol. The summed E-state index contributed by atoms with van der Waals surface area (Å²) in [6.45, 7) is 2.25. The van der Waals surface area contributed by atoms with Crippen molar-refractivity contribution in [1.82, 2.24) is 4.98 Å². The first-order valence-corrected chi connectivity index (χ1v) is 9.54. The highest BCUT2D eigenvalue weighted by molar-refractivity contribution is 6.12. The molecule has 1 aromatic heterocycles. The van der Waals surface area contributed by atoms with Gasteiger partial charge in [-0.1, -0.05) is 85.8 Å². The van der Waals surface area contributed by atoms with E-state index in [1.165, 1.54) is 49.6 Å². The number of aromatic amines is 1. The predicted molar refractivity (Wildman–Crippen MR) is 116 cm³/mol. The first kappa shape index (κ1) is 15.9. The highest BCUT2D eigenvalue weighted by Crippen LogP contribution is 2.41. The summed E-state index contributed by atoms with van der Waals surface area (Å²) in [6.07, 6.45) is 0.980. The zero-order chi connectivity index (χ0) is 18.2. The van der Waals surface area contributed by atoms with Crippen molar-refractivity contribution in [3.05, 3.63) is 96.6 Å². The monoisotopic (exact) mass is 347 g/mol. The number of nitrogens with one attached hydrogen (secondary N) is 1. The molecule has 0 aliphatic heterocycles. The van der Waals surface area contributed by atoms with Crippen molar-refractivity contribution in [3.63, 3.8) is 0 Å². The Hall–Kier alpha value is -3.32. The number of fused-ring (bicyclic) bond motifs is 3. The van der Waals surface area contributed by atoms with E-state index in [2.05, 4.69) is 103 Å². The molecule has 27 heavy (non-hydrogen) atoms. The second kappa shape index (κ2) is 6.44. The molecule has 0 aliphatic carbocycles. The third kappa shape index (κ3) is 2.55. The van der Waals surface area contributed by atoms with Gasteiger partial charge in [0.25, 0.3) is 0 Å². The summed E-state index contributed by atoms with van der Waals surface area (Å²) in [5, 5.41) is 2.60. The summed E-state index contributed by atoms with van der Waals surface area (Å²) in [5.74, 6) is 0. The van der Waals surface area contributed by atoms with E-state index >= 15 is 0 Å². The van der Waals surface area contributed by atoms with Crippen molar-refractivity contribution < 1.29 is 0 Å². The first-order chi connectivity index (χ1) is 13.4. The molecule has 1 nitrogen and oxygen atoms in total. The number of benzene rings is 4. The SMILES string of the molecule is CCc1c(-c2ccccc2)c(-c2ccccc2)cc2c1[nH]c1ccccc12. The second-order valence-electron chi connectivity index (χ2n) is 6.96. The summed E-state index contributed by atoms with van der Waals surface area (Å²) in [7, 11) is 0. The fourth-order valence-corrected chi connectivity index (χ4v) is 4.19. The third-order valence-electron chi connectivity index (χ3n) is 5.41. The molecular formula is C26H21N. The van der Waals surface area contributed by atoms with E-state index in [-0.39, 0.29) is 0 Å². The summed E-state index contributed by atoms with van der Waals surface area (Å²) in [6, 6.07) is 32.5. The molecule has 1 N–H and O–H groups in total. The number of aromatic nitrogens is 1. The van der Waals surface area contributed by atoms with Gasteiger partial charge in [0.15, 0.2) is 0 Å². The minimum Gasteiger partial charge on any atom is -0.354 e. The molecule has 0 bridgehead atoms. The number of para-hydroxylation sites is 1. The van der Waals surface area contributed by atoms with Crippen LogP contribution in [0.4, 0.5) is 0 Å². The van der Waals surface area contributed by atoms with Gasteiger partial charge in [0.1, 0.15) is 0 Å². The highest BCUT2D eigenvalue weighted by Gasteiger charge is 2.18. The molecule has 5 rings (SSSR count). The molecule has 0 atom stereocenters. The van der Waals surface area contributed by atoms with E-state index in [0.29, 0.717) is 0 Å². The van der Waals surface area contributed by atoms with Gasteiger partial charge in [0.05, 0.1) is 5.52 Å². The van der Waals surface area contributed by atoms with E-state index in [1.807, 2.05) is 0 Å². The Balaban J connectivity index is 1.97. The standard InChI is InChI=1S/C26H21N/c1-2-20-25(19-13-7-4-8-14-19)22(18-11-5-3-6-12-18)17-23-21-15-9-10-16-24(21)27-26(20)23/h3-17,27H,2H2,1H3. The van der Waals surface area contributed by atoms with Crippen LogP contribution in [0.1, 0.15) is 12.5 Å². The first-order valence-electron chi connectivity index (χ1n) is 9.54. The van der Waals surface area contributed by atoms with Crippen LogP contribution in [0.25, 0.3) is 44.1 Å². The topological polar surface area (TPSA) is 15.8 Å². The van der Waals surface area contributed by atoms with E-state index in [1.54, 1.807) is 0 Å². The van der Waals surface area contributed by atoms with Crippen LogP contribution in [0, 0.1) is 0 Å². The maximum atomic E-state index is 3.69. The Morgan fingerprint density at radius 3 is 2.00 bits per heavy atom. The number of hydrogen-bond acceptors (Lipinski definition) is 0. The lowest BCUT2D eigenvalue weighted by Crippen LogP contribution is -1.94. The van der Waals surface area contributed by atoms with Gasteiger partial charge in [0.2, 0.25) is 0 Å². The lowest BCUT2D eigenvalue weighted by molar-refractivity contribution is 1.15. The molecule has 0 radical (unpaired) electrons. The molecule has 0 spiro atoms. The molecule has 0 fully saturated rings. The molecule has 5 aromatic rings. The van der Waals surface area contributed by atoms with E-state index in [9.17, 15) is 0 Å². The molecule has 0 saturated heterocycles. The Kier molecular flexibility index (Phi) is 3.79. The Morgan fingerprint density at radius 2 is 1.30 bits per heavy atom. The number of rotatable bonds is 3. The van der Waals surface area contributed by atoms with Crippen molar-refractivity contribution in [2.24, 2.45) is 0 Å². The largest absolute Gasteiger partial charge is 0.354 e. The molecule has 1 heteroatoms. The zero-order valence-corrected chi connectivity index (χ0v) is 15.4. The minimum absolute atomic E-state index is 0.980. The summed E-state index contributed by atoms with van der Waals surface area (Å²) in [4.78, 5) is 3.69. The van der Waals surface area contributed by atoms with Gasteiger partial charge in [-0.25, -0.2) is 0 Å². The van der Waals surface area contributed by atoms with Crippen LogP contribution in [-0.4, -0.2) is 4.98 Å². The Labute approximate surface area is 159 Å². The third-order valence-corrected chi connectivity index (χ3v) is 5.41. The van der Waals surface area contributed by atoms with Crippen LogP contribution < -0.4 is 0 Å². The van der Waals surface area contributed by atoms with Gasteiger partial charge in [0, 0.05) is 16.3 Å². The van der Waals surface area contributed by atoms with Crippen LogP contribution in [-0.2, 0) is 6.42 Å². The lowest BCUT2D eigenvalue weighted by atomic mass is 9.87. The molecule has 130 valence electrons. The van der Waals surface area contributed by atoms with Crippen molar-refractivity contribution in [1.29, 1.82) is 0 Å². The van der Waals surface area contributed by atoms with Gasteiger partial charge in [-0.15, -0.1) is 0 Å². The van der Waals surface area contributed by atoms with Gasteiger partial charge >= 0.3 is 0 Å². The molecule has 0 unspecified atom stereocenters. The average Bonchev–Trinajstić information content (AvgIpc) is 3.12. The Bertz CT molecular complexity index is 1230. The maximum Gasteiger partial charge on any atom is 0.0503 e. The molecule has 4 aromatic carbocycles. The molecule has 0 amide bonds. The summed E-state index contributed by atoms with van der Waals surface area (Å²) < 4.78 is 0. The van der Waals surface area contributed by atoms with Crippen molar-refractivity contribution in [3.8, 4) is 22.3 Å². The molecule has 0 aliphatic rings. The maximum absolute atomic E-state index is 3.69. The highest BCUT2D eigenvalue weighted by atomic mass is 14.7. The molecule has 0 saturated carbocycles. The van der Waals surface area contributed by atoms with Crippen LogP contribution >= 0.6 is 0 Å². The molecular weight excluding hydrogens is 326 g/mol. The quantitative estimate of drug-likeness (QED) is 0.355. The van der Waals surface area contributed by atoms with Crippen LogP contribution in [0.15, 0.2) is 91.0 Å². The van der Waals surface area contributed by atoms with Crippen molar-refractivity contribution in [2.75, 3.05) is 0 Å². The fourth-order valence-electron chi connectivity index (χ4n) is 4.19. The fraction of sp³-hybridized carbons (Fsp3) is 0.0769. The van der Waals surface area contributed by atoms with E-state index in [0.717, 1.165) is 6.42 Å². The van der Waals surface area contributed by atoms with Gasteiger partial charge in [-0.2, -0.15) is 0 Å². The normalized spacial score (nSPS) is 11.3. The predicted octanol–water partition coefficient (Wildman–Crippen LogP) is 7.22. The summed E-state index contributed by atoms with van der Waals surface area (Å²) >= 11 is 0. The summed E-state index contributed by atoms with van der Waals surface area (Å²) in [5.41, 5.74) is 9.02. The van der Waals surface area contributed by atoms with Gasteiger partial charge in [-0.3, -0.25) is 0 Å². The second-order valence-corrected chi connectivity index (χ2v) is 6.96. The van der Waals surface area contributed by atoms with Gasteiger partial charge < -0.3 is 4.98 Å². The number of H-pyrrole nitrogens is 1. The van der Waals surface area contributed by atoms with Crippen molar-refractivity contribution >= 4 is 21.8 Å². The van der Waals surface area contributed by atoms with Crippen molar-refractivity contribution in [2.45, 2.75) is 13.3 Å². The lowest BCUT2D eigenvalue weighted by Gasteiger charge is -2.16. The van der Waals surface area contributed by atoms with E-state index in [4.69, 9.17) is 0 Å². The number of hydrogen-bond donors (Lipinski definition) is 1. The van der Waals surface area contributed by atoms with E-state index < -0.39 is 0 Å². The molecule has 1 heterocycles. The number of aryl methyl sites for hydroxylation is 1. The smallest absolute Gasteiger partial charge is 0.0503 e.